The molecule has 0 saturated heterocycles. The highest BCUT2D eigenvalue weighted by molar-refractivity contribution is 5.86. The van der Waals surface area contributed by atoms with Gasteiger partial charge in [0.25, 0.3) is 0 Å². The second-order valence-electron chi connectivity index (χ2n) is 8.46. The van der Waals surface area contributed by atoms with E-state index in [0.717, 1.165) is 41.3 Å². The Morgan fingerprint density at radius 2 is 1.72 bits per heavy atom. The van der Waals surface area contributed by atoms with Crippen molar-refractivity contribution in [2.75, 3.05) is 39.6 Å². The van der Waals surface area contributed by atoms with E-state index < -0.39 is 0 Å². The second kappa shape index (κ2) is 8.71. The Kier molecular flexibility index (Phi) is 6.49. The first-order valence-electron chi connectivity index (χ1n) is 9.86. The molecule has 3 aromatic rings. The average Bonchev–Trinajstić information content (AvgIpc) is 2.98. The van der Waals surface area contributed by atoms with Crippen LogP contribution in [0.25, 0.3) is 17.0 Å². The fraction of sp³-hybridized carbons (Fsp3) is 0.292. The molecule has 2 aromatic carbocycles. The van der Waals surface area contributed by atoms with Crippen molar-refractivity contribution in [3.05, 3.63) is 72.2 Å². The van der Waals surface area contributed by atoms with E-state index in [1.807, 2.05) is 25.2 Å². The molecule has 0 spiro atoms. The minimum atomic E-state index is 0. The molecule has 0 saturated carbocycles. The van der Waals surface area contributed by atoms with Crippen LogP contribution in [-0.4, -0.2) is 39.2 Å². The summed E-state index contributed by atoms with van der Waals surface area (Å²) in [7, 11) is 8.78. The van der Waals surface area contributed by atoms with E-state index in [4.69, 9.17) is 4.74 Å². The van der Waals surface area contributed by atoms with Gasteiger partial charge in [0.1, 0.15) is 0 Å². The van der Waals surface area contributed by atoms with Gasteiger partial charge in [0, 0.05) is 25.3 Å². The van der Waals surface area contributed by atoms with Gasteiger partial charge in [-0.05, 0) is 23.8 Å². The Morgan fingerprint density at radius 3 is 2.48 bits per heavy atom. The van der Waals surface area contributed by atoms with Gasteiger partial charge in [-0.1, -0.05) is 24.3 Å². The Morgan fingerprint density at radius 1 is 1.00 bits per heavy atom. The van der Waals surface area contributed by atoms with E-state index in [1.54, 1.807) is 0 Å². The molecule has 0 atom stereocenters. The first-order chi connectivity index (χ1) is 13.4. The van der Waals surface area contributed by atoms with Gasteiger partial charge in [-0.2, -0.15) is 4.57 Å². The van der Waals surface area contributed by atoms with Gasteiger partial charge in [0.2, 0.25) is 11.4 Å². The smallest absolute Gasteiger partial charge is 0.213 e. The van der Waals surface area contributed by atoms with Crippen molar-refractivity contribution in [1.82, 2.24) is 0 Å². The number of quaternary nitrogens is 1. The highest BCUT2D eigenvalue weighted by Crippen LogP contribution is 2.38. The van der Waals surface area contributed by atoms with Crippen LogP contribution in [0.15, 0.2) is 66.7 Å². The number of hydrogen-bond donors (Lipinski definition) is 0. The summed E-state index contributed by atoms with van der Waals surface area (Å²) in [5.41, 5.74) is 3.54. The molecule has 1 aliphatic rings. The molecule has 0 bridgehead atoms. The Hall–Kier alpha value is -2.12. The van der Waals surface area contributed by atoms with Gasteiger partial charge in [-0.15, -0.1) is 0 Å². The number of halogens is 1. The predicted molar refractivity (Wildman–Crippen MR) is 115 cm³/mol. The number of benzene rings is 2. The monoisotopic (exact) mass is 502 g/mol. The van der Waals surface area contributed by atoms with Crippen molar-refractivity contribution in [2.45, 2.75) is 13.0 Å². The van der Waals surface area contributed by atoms with Gasteiger partial charge in [-0.3, -0.25) is 0 Å². The van der Waals surface area contributed by atoms with Crippen molar-refractivity contribution in [3.63, 3.8) is 0 Å². The molecule has 1 aromatic heterocycles. The lowest BCUT2D eigenvalue weighted by Gasteiger charge is -2.22. The largest absolute Gasteiger partial charge is 1.00 e. The van der Waals surface area contributed by atoms with E-state index in [-0.39, 0.29) is 24.0 Å². The van der Waals surface area contributed by atoms with Gasteiger partial charge in [0.05, 0.1) is 45.2 Å². The van der Waals surface area contributed by atoms with E-state index >= 15 is 0 Å². The van der Waals surface area contributed by atoms with Crippen molar-refractivity contribution in [2.24, 2.45) is 0 Å². The third kappa shape index (κ3) is 4.73. The Labute approximate surface area is 190 Å². The zero-order valence-corrected chi connectivity index (χ0v) is 19.8. The number of nitrogens with zero attached hydrogens (tertiary/aromatic N) is 3. The first-order valence-corrected chi connectivity index (χ1v) is 9.86. The number of anilines is 1. The molecule has 29 heavy (non-hydrogen) atoms. The fourth-order valence-corrected chi connectivity index (χ4v) is 3.72. The lowest BCUT2D eigenvalue weighted by atomic mass is 10.1. The molecule has 0 aliphatic carbocycles. The molecule has 0 unspecified atom stereocenters. The quantitative estimate of drug-likeness (QED) is 0.295. The summed E-state index contributed by atoms with van der Waals surface area (Å²) in [5.74, 6) is 1.76. The van der Waals surface area contributed by atoms with Gasteiger partial charge >= 0.3 is 0 Å². The van der Waals surface area contributed by atoms with Crippen LogP contribution in [0, 0.1) is 0 Å². The summed E-state index contributed by atoms with van der Waals surface area (Å²) in [6, 6.07) is 19.0. The molecular formula is C24H29IN3O+. The average molecular weight is 502 g/mol. The summed E-state index contributed by atoms with van der Waals surface area (Å²) < 4.78 is 9.44. The minimum Gasteiger partial charge on any atom is -1.00 e. The molecule has 152 valence electrons. The van der Waals surface area contributed by atoms with Crippen LogP contribution in [0.2, 0.25) is 0 Å². The highest BCUT2D eigenvalue weighted by atomic mass is 127. The number of pyridine rings is 1. The Bertz CT molecular complexity index is 1040. The van der Waals surface area contributed by atoms with Crippen LogP contribution in [0.1, 0.15) is 12.0 Å². The van der Waals surface area contributed by atoms with Crippen molar-refractivity contribution in [1.29, 1.82) is 0 Å². The van der Waals surface area contributed by atoms with E-state index in [9.17, 15) is 0 Å². The second-order valence-corrected chi connectivity index (χ2v) is 8.46. The topological polar surface area (TPSA) is 16.4 Å². The molecule has 5 heteroatoms. The van der Waals surface area contributed by atoms with Crippen molar-refractivity contribution in [3.8, 4) is 5.75 Å². The van der Waals surface area contributed by atoms with E-state index in [0.29, 0.717) is 0 Å². The zero-order chi connectivity index (χ0) is 19.7. The third-order valence-corrected chi connectivity index (χ3v) is 5.24. The molecule has 1 aliphatic heterocycles. The number of aryl methyl sites for hydroxylation is 1. The SMILES string of the molecule is CN1/C(=C/c2cc[n+](CCC[N+](C)(C)C)c3ccccc23)Oc2ccccc21.[I-]. The number of para-hydroxylation sites is 3. The van der Waals surface area contributed by atoms with Gasteiger partial charge < -0.3 is 38.1 Å². The van der Waals surface area contributed by atoms with E-state index in [1.165, 1.54) is 16.5 Å². The maximum atomic E-state index is 6.08. The van der Waals surface area contributed by atoms with Crippen molar-refractivity contribution < 1.29 is 37.8 Å². The van der Waals surface area contributed by atoms with Gasteiger partial charge in [-0.25, -0.2) is 0 Å². The molecule has 0 N–H and O–H groups in total. The van der Waals surface area contributed by atoms with E-state index in [2.05, 4.69) is 79.3 Å². The van der Waals surface area contributed by atoms with Gasteiger partial charge in [0.15, 0.2) is 18.5 Å². The van der Waals surface area contributed by atoms with Crippen molar-refractivity contribution >= 4 is 22.7 Å². The Balaban J connectivity index is 0.00000240. The number of hydrogen-bond acceptors (Lipinski definition) is 2. The molecule has 0 fully saturated rings. The molecule has 0 radical (unpaired) electrons. The molecule has 4 nitrogen and oxygen atoms in total. The summed E-state index contributed by atoms with van der Waals surface area (Å²) in [6.07, 6.45) is 5.49. The predicted octanol–water partition coefficient (Wildman–Crippen LogP) is 1.05. The van der Waals surface area contributed by atoms with Crippen LogP contribution in [-0.2, 0) is 6.54 Å². The first kappa shape index (κ1) is 21.6. The lowest BCUT2D eigenvalue weighted by Crippen LogP contribution is -3.00. The minimum absolute atomic E-state index is 0. The number of fused-ring (bicyclic) bond motifs is 2. The number of aromatic nitrogens is 1. The summed E-state index contributed by atoms with van der Waals surface area (Å²) in [4.78, 5) is 2.10. The normalized spacial score (nSPS) is 14.6. The third-order valence-electron chi connectivity index (χ3n) is 5.24. The van der Waals surface area contributed by atoms with Crippen LogP contribution in [0.4, 0.5) is 5.69 Å². The fourth-order valence-electron chi connectivity index (χ4n) is 3.72. The summed E-state index contributed by atoms with van der Waals surface area (Å²) >= 11 is 0. The number of rotatable bonds is 5. The standard InChI is InChI=1S/C24H29N3O.HI/c1-25-22-12-7-8-13-23(22)28-24(25)18-19-14-16-26(15-9-17-27(2,3)4)21-11-6-5-10-20(19)21;/h5-8,10-14,16,18H,9,15,17H2,1-4H3;1H/q+2;/p-1. The molecule has 4 rings (SSSR count). The van der Waals surface area contributed by atoms with Crippen LogP contribution in [0.5, 0.6) is 5.75 Å². The maximum Gasteiger partial charge on any atom is 0.213 e. The molecular weight excluding hydrogens is 473 g/mol. The van der Waals surface area contributed by atoms with Crippen LogP contribution in [0.3, 0.4) is 0 Å². The maximum absolute atomic E-state index is 6.08. The molecule has 2 heterocycles. The van der Waals surface area contributed by atoms with Crippen LogP contribution < -0.4 is 38.2 Å². The number of ether oxygens (including phenoxy) is 1. The molecule has 0 amide bonds. The summed E-state index contributed by atoms with van der Waals surface area (Å²) in [6.45, 7) is 2.18. The highest BCUT2D eigenvalue weighted by Gasteiger charge is 2.23. The zero-order valence-electron chi connectivity index (χ0n) is 17.6. The van der Waals surface area contributed by atoms with Crippen LogP contribution >= 0.6 is 0 Å². The lowest BCUT2D eigenvalue weighted by molar-refractivity contribution is -0.873. The summed E-state index contributed by atoms with van der Waals surface area (Å²) in [5, 5.41) is 1.25.